The minimum atomic E-state index is -4.73. The van der Waals surface area contributed by atoms with Gasteiger partial charge in [0.15, 0.2) is 0 Å². The van der Waals surface area contributed by atoms with Crippen molar-refractivity contribution in [3.8, 4) is 0 Å². The predicted octanol–water partition coefficient (Wildman–Crippen LogP) is -0.335. The maximum absolute atomic E-state index is 12.1. The van der Waals surface area contributed by atoms with Crippen LogP contribution in [0.15, 0.2) is 0 Å². The van der Waals surface area contributed by atoms with Crippen LogP contribution >= 0.6 is 0 Å². The molecule has 4 nitrogen and oxygen atoms in total. The summed E-state index contributed by atoms with van der Waals surface area (Å²) in [5.74, 6) is -1.71. The van der Waals surface area contributed by atoms with Crippen molar-refractivity contribution in [2.24, 2.45) is 0 Å². The molecule has 0 unspecified atom stereocenters. The molecule has 0 aromatic carbocycles. The number of rotatable bonds is 1. The molecule has 0 saturated carbocycles. The molecule has 0 aromatic heterocycles. The topological polar surface area (TPSA) is 35.6 Å². The molecule has 92 valence electrons. The number of hydrogen-bond acceptors (Lipinski definition) is 3. The van der Waals surface area contributed by atoms with Crippen molar-refractivity contribution in [3.63, 3.8) is 0 Å². The Morgan fingerprint density at radius 1 is 1.19 bits per heavy atom. The fourth-order valence-electron chi connectivity index (χ4n) is 2.08. The first-order valence-corrected chi connectivity index (χ1v) is 5.29. The molecule has 1 N–H and O–H groups in total. The second-order valence-electron chi connectivity index (χ2n) is 4.15. The number of carbonyl (C=O) groups excluding carboxylic acids is 1. The Bertz CT molecular complexity index is 270. The Balaban J connectivity index is 1.79. The number of carbonyl (C=O) groups is 1. The van der Waals surface area contributed by atoms with Gasteiger partial charge in [-0.25, -0.2) is 0 Å². The molecule has 2 aliphatic heterocycles. The molecule has 2 rings (SSSR count). The number of alkyl halides is 3. The number of hydrogen-bond donors (Lipinski definition) is 1. The highest BCUT2D eigenvalue weighted by molar-refractivity contribution is 5.82. The number of nitrogens with zero attached hydrogens (tertiary/aromatic N) is 2. The summed E-state index contributed by atoms with van der Waals surface area (Å²) in [7, 11) is 0. The summed E-state index contributed by atoms with van der Waals surface area (Å²) < 4.78 is 36.2. The summed E-state index contributed by atoms with van der Waals surface area (Å²) in [4.78, 5) is 13.8. The van der Waals surface area contributed by atoms with E-state index < -0.39 is 12.1 Å². The van der Waals surface area contributed by atoms with Crippen LogP contribution in [0.5, 0.6) is 0 Å². The van der Waals surface area contributed by atoms with E-state index in [0.29, 0.717) is 0 Å². The van der Waals surface area contributed by atoms with E-state index in [1.54, 1.807) is 0 Å². The molecule has 0 aliphatic carbocycles. The van der Waals surface area contributed by atoms with Crippen LogP contribution in [0.4, 0.5) is 13.2 Å². The first kappa shape index (κ1) is 11.7. The van der Waals surface area contributed by atoms with E-state index in [1.807, 2.05) is 0 Å². The molecule has 7 heteroatoms. The van der Waals surface area contributed by atoms with Crippen molar-refractivity contribution in [3.05, 3.63) is 0 Å². The number of nitrogens with one attached hydrogen (secondary N) is 1. The molecular weight excluding hydrogens is 223 g/mol. The van der Waals surface area contributed by atoms with Crippen molar-refractivity contribution >= 4 is 5.91 Å². The Kier molecular flexibility index (Phi) is 3.07. The summed E-state index contributed by atoms with van der Waals surface area (Å²) in [6.45, 7) is 3.83. The summed E-state index contributed by atoms with van der Waals surface area (Å²) in [6.07, 6.45) is -4.73. The smallest absolute Gasteiger partial charge is 0.332 e. The largest absolute Gasteiger partial charge is 0.471 e. The summed E-state index contributed by atoms with van der Waals surface area (Å²) in [5, 5.41) is 3.17. The maximum Gasteiger partial charge on any atom is 0.471 e. The van der Waals surface area contributed by atoms with Crippen molar-refractivity contribution < 1.29 is 18.0 Å². The zero-order valence-corrected chi connectivity index (χ0v) is 8.76. The van der Waals surface area contributed by atoms with Gasteiger partial charge in [-0.3, -0.25) is 9.69 Å². The quantitative estimate of drug-likeness (QED) is 0.678. The van der Waals surface area contributed by atoms with Crippen LogP contribution < -0.4 is 5.32 Å². The zero-order valence-electron chi connectivity index (χ0n) is 8.76. The fraction of sp³-hybridized carbons (Fsp3) is 0.889. The van der Waals surface area contributed by atoms with E-state index in [-0.39, 0.29) is 19.1 Å². The van der Waals surface area contributed by atoms with E-state index in [4.69, 9.17) is 0 Å². The summed E-state index contributed by atoms with van der Waals surface area (Å²) in [5.41, 5.74) is 0. The molecule has 2 heterocycles. The Morgan fingerprint density at radius 3 is 2.25 bits per heavy atom. The first-order chi connectivity index (χ1) is 7.48. The third-order valence-electron chi connectivity index (χ3n) is 3.06. The highest BCUT2D eigenvalue weighted by Gasteiger charge is 2.47. The zero-order chi connectivity index (χ0) is 11.8. The van der Waals surface area contributed by atoms with Gasteiger partial charge in [-0.05, 0) is 0 Å². The Morgan fingerprint density at radius 2 is 1.75 bits per heavy atom. The normalized spacial score (nSPS) is 24.3. The molecule has 0 spiro atoms. The van der Waals surface area contributed by atoms with Gasteiger partial charge in [0.1, 0.15) is 0 Å². The summed E-state index contributed by atoms with van der Waals surface area (Å²) >= 11 is 0. The third kappa shape index (κ3) is 2.30. The van der Waals surface area contributed by atoms with Crippen molar-refractivity contribution in [2.45, 2.75) is 12.2 Å². The molecule has 0 bridgehead atoms. The molecule has 2 saturated heterocycles. The van der Waals surface area contributed by atoms with E-state index in [9.17, 15) is 18.0 Å². The van der Waals surface area contributed by atoms with Gasteiger partial charge in [-0.1, -0.05) is 0 Å². The lowest BCUT2D eigenvalue weighted by Gasteiger charge is -2.46. The lowest BCUT2D eigenvalue weighted by Crippen LogP contribution is -2.65. The van der Waals surface area contributed by atoms with Crippen LogP contribution in [-0.4, -0.2) is 67.2 Å². The van der Waals surface area contributed by atoms with Gasteiger partial charge in [0, 0.05) is 45.3 Å². The molecular formula is C9H14F3N3O. The van der Waals surface area contributed by atoms with Gasteiger partial charge in [0.05, 0.1) is 0 Å². The average molecular weight is 237 g/mol. The molecule has 0 aromatic rings. The average Bonchev–Trinajstić information content (AvgIpc) is 2.15. The highest BCUT2D eigenvalue weighted by atomic mass is 19.4. The van der Waals surface area contributed by atoms with Crippen LogP contribution in [0.3, 0.4) is 0 Å². The molecule has 2 fully saturated rings. The van der Waals surface area contributed by atoms with Crippen LogP contribution in [0.2, 0.25) is 0 Å². The van der Waals surface area contributed by atoms with Gasteiger partial charge in [-0.2, -0.15) is 13.2 Å². The Labute approximate surface area is 91.4 Å². The van der Waals surface area contributed by atoms with Gasteiger partial charge in [0.2, 0.25) is 0 Å². The first-order valence-electron chi connectivity index (χ1n) is 5.29. The van der Waals surface area contributed by atoms with E-state index in [2.05, 4.69) is 10.2 Å². The van der Waals surface area contributed by atoms with Gasteiger partial charge in [-0.15, -0.1) is 0 Å². The van der Waals surface area contributed by atoms with Crippen molar-refractivity contribution in [2.75, 3.05) is 39.3 Å². The summed E-state index contributed by atoms with van der Waals surface area (Å²) in [6, 6.07) is 0.105. The number of amides is 1. The molecule has 2 aliphatic rings. The fourth-order valence-corrected chi connectivity index (χ4v) is 2.08. The predicted molar refractivity (Wildman–Crippen MR) is 50.9 cm³/mol. The monoisotopic (exact) mass is 237 g/mol. The Hall–Kier alpha value is -0.820. The third-order valence-corrected chi connectivity index (χ3v) is 3.06. The second-order valence-corrected chi connectivity index (χ2v) is 4.15. The van der Waals surface area contributed by atoms with Gasteiger partial charge >= 0.3 is 12.1 Å². The minimum Gasteiger partial charge on any atom is -0.332 e. The van der Waals surface area contributed by atoms with Crippen molar-refractivity contribution in [1.82, 2.24) is 15.1 Å². The molecule has 16 heavy (non-hydrogen) atoms. The maximum atomic E-state index is 12.1. The van der Waals surface area contributed by atoms with Crippen LogP contribution in [0.1, 0.15) is 0 Å². The van der Waals surface area contributed by atoms with Crippen LogP contribution in [0.25, 0.3) is 0 Å². The van der Waals surface area contributed by atoms with E-state index in [1.165, 1.54) is 0 Å². The lowest BCUT2D eigenvalue weighted by molar-refractivity contribution is -0.192. The van der Waals surface area contributed by atoms with Crippen LogP contribution in [-0.2, 0) is 4.79 Å². The van der Waals surface area contributed by atoms with Crippen molar-refractivity contribution in [1.29, 1.82) is 0 Å². The van der Waals surface area contributed by atoms with Gasteiger partial charge in [0.25, 0.3) is 0 Å². The number of halogens is 3. The molecule has 0 radical (unpaired) electrons. The van der Waals surface area contributed by atoms with E-state index in [0.717, 1.165) is 31.1 Å². The minimum absolute atomic E-state index is 0.105. The van der Waals surface area contributed by atoms with E-state index >= 15 is 0 Å². The molecule has 0 atom stereocenters. The SMILES string of the molecule is O=C(N1CC(N2CCNCC2)C1)C(F)(F)F. The number of likely N-dealkylation sites (tertiary alicyclic amines) is 1. The molecule has 1 amide bonds. The second kappa shape index (κ2) is 4.21. The standard InChI is InChI=1S/C9H14F3N3O/c10-9(11,12)8(16)15-5-7(6-15)14-3-1-13-2-4-14/h7,13H,1-6H2. The number of piperazine rings is 1. The van der Waals surface area contributed by atoms with Crippen LogP contribution in [0, 0.1) is 0 Å². The highest BCUT2D eigenvalue weighted by Crippen LogP contribution is 2.24. The lowest BCUT2D eigenvalue weighted by atomic mass is 10.1. The van der Waals surface area contributed by atoms with Gasteiger partial charge < -0.3 is 10.2 Å².